The first-order valence-corrected chi connectivity index (χ1v) is 8.10. The minimum atomic E-state index is -2.04. The van der Waals surface area contributed by atoms with E-state index in [2.05, 4.69) is 6.92 Å². The van der Waals surface area contributed by atoms with E-state index < -0.39 is 12.5 Å². The zero-order valence-corrected chi connectivity index (χ0v) is 15.2. The maximum Gasteiger partial charge on any atom is 0.226 e. The molecule has 1 aromatic rings. The van der Waals surface area contributed by atoms with Crippen molar-refractivity contribution in [1.82, 2.24) is 0 Å². The van der Waals surface area contributed by atoms with Crippen molar-refractivity contribution in [2.45, 2.75) is 32.2 Å². The standard InChI is InChI=1S/C12H11Cl7/c1-2-4-8-5-3-6-9(7-8)10(13,14)11(15,16)12(17,18)19/h3,5-7H,2,4H2,1H3. The van der Waals surface area contributed by atoms with Gasteiger partial charge in [-0.3, -0.25) is 0 Å². The fraction of sp³-hybridized carbons (Fsp3) is 0.500. The van der Waals surface area contributed by atoms with Crippen molar-refractivity contribution in [3.8, 4) is 0 Å². The van der Waals surface area contributed by atoms with Crippen molar-refractivity contribution in [3.63, 3.8) is 0 Å². The summed E-state index contributed by atoms with van der Waals surface area (Å²) in [7, 11) is 0. The van der Waals surface area contributed by atoms with Gasteiger partial charge in [-0.1, -0.05) is 119 Å². The molecule has 0 nitrogen and oxygen atoms in total. The lowest BCUT2D eigenvalue weighted by atomic mass is 10.0. The third-order valence-electron chi connectivity index (χ3n) is 2.58. The number of alkyl halides is 7. The van der Waals surface area contributed by atoms with Gasteiger partial charge in [0.05, 0.1) is 0 Å². The largest absolute Gasteiger partial charge is 0.226 e. The Morgan fingerprint density at radius 1 is 0.947 bits per heavy atom. The summed E-state index contributed by atoms with van der Waals surface area (Å²) >= 11 is 41.9. The maximum atomic E-state index is 6.26. The van der Waals surface area contributed by atoms with E-state index in [9.17, 15) is 0 Å². The van der Waals surface area contributed by atoms with Crippen LogP contribution in [0.4, 0.5) is 0 Å². The predicted molar refractivity (Wildman–Crippen MR) is 88.5 cm³/mol. The monoisotopic (exact) mass is 400 g/mol. The molecule has 0 N–H and O–H groups in total. The van der Waals surface area contributed by atoms with E-state index in [1.54, 1.807) is 12.1 Å². The van der Waals surface area contributed by atoms with E-state index in [4.69, 9.17) is 81.2 Å². The van der Waals surface area contributed by atoms with Crippen molar-refractivity contribution in [2.24, 2.45) is 0 Å². The zero-order valence-electron chi connectivity index (χ0n) is 9.87. The van der Waals surface area contributed by atoms with Crippen LogP contribution < -0.4 is 0 Å². The Balaban J connectivity index is 3.23. The first-order chi connectivity index (χ1) is 8.54. The van der Waals surface area contributed by atoms with E-state index in [0.29, 0.717) is 5.56 Å². The molecule has 0 amide bonds. The Morgan fingerprint density at radius 2 is 1.53 bits per heavy atom. The predicted octanol–water partition coefficient (Wildman–Crippen LogP) is 6.81. The average Bonchev–Trinajstić information content (AvgIpc) is 2.28. The molecule has 7 heteroatoms. The molecule has 0 heterocycles. The van der Waals surface area contributed by atoms with Crippen molar-refractivity contribution in [3.05, 3.63) is 35.4 Å². The van der Waals surface area contributed by atoms with Crippen LogP contribution in [0.2, 0.25) is 0 Å². The molecule has 0 radical (unpaired) electrons. The van der Waals surface area contributed by atoms with Gasteiger partial charge in [0.25, 0.3) is 0 Å². The van der Waals surface area contributed by atoms with Crippen LogP contribution >= 0.6 is 81.2 Å². The highest BCUT2D eigenvalue weighted by atomic mass is 35.6. The van der Waals surface area contributed by atoms with Crippen LogP contribution in [0.15, 0.2) is 24.3 Å². The molecule has 0 aromatic heterocycles. The van der Waals surface area contributed by atoms with E-state index in [0.717, 1.165) is 18.4 Å². The van der Waals surface area contributed by atoms with Crippen LogP contribution in [-0.2, 0) is 10.8 Å². The van der Waals surface area contributed by atoms with Gasteiger partial charge < -0.3 is 0 Å². The Labute approximate surface area is 148 Å². The highest BCUT2D eigenvalue weighted by molar-refractivity contribution is 6.78. The van der Waals surface area contributed by atoms with Gasteiger partial charge in [-0.25, -0.2) is 0 Å². The van der Waals surface area contributed by atoms with Crippen molar-refractivity contribution >= 4 is 81.2 Å². The summed E-state index contributed by atoms with van der Waals surface area (Å²) in [6, 6.07) is 7.26. The van der Waals surface area contributed by atoms with Crippen LogP contribution in [0.5, 0.6) is 0 Å². The minimum absolute atomic E-state index is 0.484. The summed E-state index contributed by atoms with van der Waals surface area (Å²) in [5.74, 6) is 0. The number of halogens is 7. The van der Waals surface area contributed by atoms with E-state index in [-0.39, 0.29) is 0 Å². The molecule has 0 aliphatic heterocycles. The van der Waals surface area contributed by atoms with Gasteiger partial charge in [0.1, 0.15) is 0 Å². The molecule has 0 fully saturated rings. The summed E-state index contributed by atoms with van der Waals surface area (Å²) in [5, 5.41) is 0. The molecule has 108 valence electrons. The normalized spacial score (nSPS) is 13.7. The van der Waals surface area contributed by atoms with Gasteiger partial charge in [-0.2, -0.15) is 0 Å². The van der Waals surface area contributed by atoms with Crippen molar-refractivity contribution in [2.75, 3.05) is 0 Å². The molecule has 0 atom stereocenters. The van der Waals surface area contributed by atoms with Crippen LogP contribution in [0, 0.1) is 0 Å². The molecule has 0 saturated heterocycles. The lowest BCUT2D eigenvalue weighted by molar-refractivity contribution is 0.697. The Kier molecular flexibility index (Phi) is 6.32. The highest BCUT2D eigenvalue weighted by Crippen LogP contribution is 2.60. The quantitative estimate of drug-likeness (QED) is 0.484. The van der Waals surface area contributed by atoms with Crippen molar-refractivity contribution < 1.29 is 0 Å². The molecule has 1 aromatic carbocycles. The second kappa shape index (κ2) is 6.57. The number of benzene rings is 1. The molecule has 19 heavy (non-hydrogen) atoms. The summed E-state index contributed by atoms with van der Waals surface area (Å²) in [6.07, 6.45) is 1.86. The smallest absolute Gasteiger partial charge is 0.0930 e. The third-order valence-corrected chi connectivity index (χ3v) is 6.53. The molecule has 0 bridgehead atoms. The van der Waals surface area contributed by atoms with Crippen LogP contribution in [0.1, 0.15) is 24.5 Å². The van der Waals surface area contributed by atoms with E-state index >= 15 is 0 Å². The first-order valence-electron chi connectivity index (χ1n) is 5.45. The second-order valence-corrected chi connectivity index (χ2v) is 9.03. The lowest BCUT2D eigenvalue weighted by Crippen LogP contribution is -2.45. The summed E-state index contributed by atoms with van der Waals surface area (Å²) in [5.41, 5.74) is 1.54. The van der Waals surface area contributed by atoms with Crippen LogP contribution in [0.3, 0.4) is 0 Å². The summed E-state index contributed by atoms with van der Waals surface area (Å²) < 4.78 is -5.80. The molecule has 1 rings (SSSR count). The zero-order chi connectivity index (χ0) is 14.9. The fourth-order valence-corrected chi connectivity index (χ4v) is 3.02. The third kappa shape index (κ3) is 3.92. The van der Waals surface area contributed by atoms with Gasteiger partial charge in [-0.15, -0.1) is 0 Å². The van der Waals surface area contributed by atoms with Gasteiger partial charge in [0.15, 0.2) is 4.33 Å². The Hall–Kier alpha value is 1.25. The molecule has 0 spiro atoms. The Bertz CT molecular complexity index is 434. The Morgan fingerprint density at radius 3 is 2.00 bits per heavy atom. The van der Waals surface area contributed by atoms with Crippen LogP contribution in [0.25, 0.3) is 0 Å². The summed E-state index contributed by atoms with van der Waals surface area (Å²) in [4.78, 5) is 0. The molecular weight excluding hydrogens is 392 g/mol. The minimum Gasteiger partial charge on any atom is -0.0930 e. The van der Waals surface area contributed by atoms with Gasteiger partial charge in [-0.05, 0) is 17.5 Å². The molecule has 0 aliphatic carbocycles. The van der Waals surface area contributed by atoms with E-state index in [1.165, 1.54) is 0 Å². The number of aryl methyl sites for hydroxylation is 1. The maximum absolute atomic E-state index is 6.26. The average molecular weight is 403 g/mol. The van der Waals surface area contributed by atoms with Gasteiger partial charge in [0.2, 0.25) is 8.13 Å². The van der Waals surface area contributed by atoms with E-state index in [1.807, 2.05) is 12.1 Å². The SMILES string of the molecule is CCCc1cccc(C(Cl)(Cl)C(Cl)(Cl)C(Cl)(Cl)Cl)c1. The van der Waals surface area contributed by atoms with Gasteiger partial charge in [0, 0.05) is 0 Å². The number of rotatable bonds is 4. The fourth-order valence-electron chi connectivity index (χ4n) is 1.57. The molecular formula is C12H11Cl7. The topological polar surface area (TPSA) is 0 Å². The second-order valence-electron chi connectivity index (χ2n) is 4.10. The molecule has 0 unspecified atom stereocenters. The molecule has 0 aliphatic rings. The van der Waals surface area contributed by atoms with Gasteiger partial charge >= 0.3 is 0 Å². The molecule has 0 saturated carbocycles. The van der Waals surface area contributed by atoms with Crippen molar-refractivity contribution in [1.29, 1.82) is 0 Å². The van der Waals surface area contributed by atoms with Crippen LogP contribution in [-0.4, -0.2) is 8.13 Å². The lowest BCUT2D eigenvalue weighted by Gasteiger charge is -2.38. The first kappa shape index (κ1) is 18.3. The summed E-state index contributed by atoms with van der Waals surface area (Å²) in [6.45, 7) is 2.07. The number of hydrogen-bond acceptors (Lipinski definition) is 0. The number of hydrogen-bond donors (Lipinski definition) is 0. The highest BCUT2D eigenvalue weighted by Gasteiger charge is 2.60.